The van der Waals surface area contributed by atoms with Gasteiger partial charge < -0.3 is 11.1 Å². The number of hydrogen-bond donors (Lipinski definition) is 2. The number of amides is 1. The summed E-state index contributed by atoms with van der Waals surface area (Å²) >= 11 is 0. The molecule has 19 heavy (non-hydrogen) atoms. The lowest BCUT2D eigenvalue weighted by Crippen LogP contribution is -2.38. The molecule has 1 saturated carbocycles. The highest BCUT2D eigenvalue weighted by atomic mass is 35.5. The highest BCUT2D eigenvalue weighted by molar-refractivity contribution is 5.85. The van der Waals surface area contributed by atoms with E-state index >= 15 is 0 Å². The van der Waals surface area contributed by atoms with E-state index in [2.05, 4.69) is 10.4 Å². The maximum absolute atomic E-state index is 12.0. The minimum absolute atomic E-state index is 0. The molecule has 2 rings (SSSR count). The van der Waals surface area contributed by atoms with Gasteiger partial charge in [0.25, 0.3) is 0 Å². The first-order valence-electron chi connectivity index (χ1n) is 6.53. The lowest BCUT2D eigenvalue weighted by Gasteiger charge is -2.15. The summed E-state index contributed by atoms with van der Waals surface area (Å²) in [6.45, 7) is 4.53. The Hall–Kier alpha value is -1.07. The third-order valence-electron chi connectivity index (χ3n) is 4.00. The van der Waals surface area contributed by atoms with Crippen LogP contribution in [-0.4, -0.2) is 21.7 Å². The molecule has 0 spiro atoms. The third-order valence-corrected chi connectivity index (χ3v) is 4.00. The number of rotatable bonds is 3. The highest BCUT2D eigenvalue weighted by Crippen LogP contribution is 2.24. The van der Waals surface area contributed by atoms with E-state index < -0.39 is 0 Å². The predicted molar refractivity (Wildman–Crippen MR) is 77.1 cm³/mol. The number of hydrogen-bond acceptors (Lipinski definition) is 3. The zero-order chi connectivity index (χ0) is 13.3. The molecule has 1 aromatic heterocycles. The van der Waals surface area contributed by atoms with Crippen LogP contribution in [-0.2, 0) is 18.4 Å². The first kappa shape index (κ1) is 16.0. The Morgan fingerprint density at radius 1 is 1.47 bits per heavy atom. The zero-order valence-electron chi connectivity index (χ0n) is 11.8. The van der Waals surface area contributed by atoms with Gasteiger partial charge in [-0.05, 0) is 26.7 Å². The summed E-state index contributed by atoms with van der Waals surface area (Å²) in [6.07, 6.45) is 2.94. The Balaban J connectivity index is 0.00000180. The molecule has 1 fully saturated rings. The van der Waals surface area contributed by atoms with Crippen molar-refractivity contribution in [3.05, 3.63) is 17.0 Å². The Bertz CT molecular complexity index is 458. The molecule has 0 radical (unpaired) electrons. The minimum atomic E-state index is -0.0118. The van der Waals surface area contributed by atoms with Crippen molar-refractivity contribution in [1.82, 2.24) is 15.1 Å². The largest absolute Gasteiger partial charge is 0.352 e. The smallest absolute Gasteiger partial charge is 0.224 e. The number of aryl methyl sites for hydroxylation is 2. The van der Waals surface area contributed by atoms with E-state index in [4.69, 9.17) is 5.73 Å². The van der Waals surface area contributed by atoms with Crippen LogP contribution in [0.15, 0.2) is 0 Å². The number of nitrogens with two attached hydrogens (primary N) is 1. The van der Waals surface area contributed by atoms with Crippen molar-refractivity contribution in [1.29, 1.82) is 0 Å². The van der Waals surface area contributed by atoms with E-state index in [-0.39, 0.29) is 30.3 Å². The van der Waals surface area contributed by atoms with Gasteiger partial charge in [-0.3, -0.25) is 9.48 Å². The fourth-order valence-corrected chi connectivity index (χ4v) is 2.69. The monoisotopic (exact) mass is 286 g/mol. The van der Waals surface area contributed by atoms with Gasteiger partial charge in [0.15, 0.2) is 0 Å². The molecule has 0 bridgehead atoms. The van der Waals surface area contributed by atoms with Crippen LogP contribution < -0.4 is 11.1 Å². The maximum atomic E-state index is 12.0. The Morgan fingerprint density at radius 3 is 2.63 bits per heavy atom. The van der Waals surface area contributed by atoms with Gasteiger partial charge in [0.1, 0.15) is 0 Å². The number of carbonyl (C=O) groups excluding carboxylic acids is 1. The summed E-state index contributed by atoms with van der Waals surface area (Å²) in [6, 6.07) is 0.0288. The molecule has 1 aromatic rings. The van der Waals surface area contributed by atoms with Crippen molar-refractivity contribution in [2.45, 2.75) is 45.7 Å². The minimum Gasteiger partial charge on any atom is -0.352 e. The van der Waals surface area contributed by atoms with E-state index in [1.807, 2.05) is 25.6 Å². The van der Waals surface area contributed by atoms with Gasteiger partial charge in [-0.1, -0.05) is 6.42 Å². The molecule has 1 amide bonds. The zero-order valence-corrected chi connectivity index (χ0v) is 12.6. The lowest BCUT2D eigenvalue weighted by atomic mass is 10.0. The van der Waals surface area contributed by atoms with Crippen LogP contribution in [0.1, 0.15) is 36.2 Å². The van der Waals surface area contributed by atoms with Gasteiger partial charge >= 0.3 is 0 Å². The second kappa shape index (κ2) is 6.39. The van der Waals surface area contributed by atoms with Crippen LogP contribution >= 0.6 is 12.4 Å². The molecule has 108 valence electrons. The molecule has 5 nitrogen and oxygen atoms in total. The first-order valence-corrected chi connectivity index (χ1v) is 6.53. The number of nitrogens with zero attached hydrogens (tertiary/aromatic N) is 2. The van der Waals surface area contributed by atoms with Crippen molar-refractivity contribution in [2.75, 3.05) is 0 Å². The van der Waals surface area contributed by atoms with Crippen LogP contribution in [0.4, 0.5) is 0 Å². The van der Waals surface area contributed by atoms with Crippen LogP contribution in [0.3, 0.4) is 0 Å². The molecule has 2 atom stereocenters. The molecular formula is C13H23ClN4O. The number of aromatic nitrogens is 2. The van der Waals surface area contributed by atoms with Crippen LogP contribution in [0.5, 0.6) is 0 Å². The van der Waals surface area contributed by atoms with Crippen molar-refractivity contribution >= 4 is 18.3 Å². The van der Waals surface area contributed by atoms with Gasteiger partial charge in [0.2, 0.25) is 5.91 Å². The lowest BCUT2D eigenvalue weighted by molar-refractivity contribution is -0.125. The molecular weight excluding hydrogens is 264 g/mol. The molecule has 1 heterocycles. The van der Waals surface area contributed by atoms with Gasteiger partial charge in [-0.2, -0.15) is 5.10 Å². The maximum Gasteiger partial charge on any atom is 0.224 e. The summed E-state index contributed by atoms with van der Waals surface area (Å²) in [4.78, 5) is 12.0. The van der Waals surface area contributed by atoms with E-state index in [0.29, 0.717) is 6.54 Å². The van der Waals surface area contributed by atoms with E-state index in [1.54, 1.807) is 0 Å². The van der Waals surface area contributed by atoms with Crippen LogP contribution in [0.25, 0.3) is 0 Å². The summed E-state index contributed by atoms with van der Waals surface area (Å²) in [5.41, 5.74) is 9.12. The SMILES string of the molecule is Cc1nn(C)c(C)c1CNC(=O)C1CCCC1N.Cl. The molecule has 0 aromatic carbocycles. The van der Waals surface area contributed by atoms with Gasteiger partial charge in [-0.15, -0.1) is 12.4 Å². The van der Waals surface area contributed by atoms with E-state index in [9.17, 15) is 4.79 Å². The Kier molecular flexibility index (Phi) is 5.38. The van der Waals surface area contributed by atoms with Crippen molar-refractivity contribution in [3.63, 3.8) is 0 Å². The third kappa shape index (κ3) is 3.28. The number of carbonyl (C=O) groups is 1. The molecule has 1 aliphatic carbocycles. The molecule has 6 heteroatoms. The quantitative estimate of drug-likeness (QED) is 0.877. The summed E-state index contributed by atoms with van der Waals surface area (Å²) in [5.74, 6) is 0.0740. The highest BCUT2D eigenvalue weighted by Gasteiger charge is 2.30. The van der Waals surface area contributed by atoms with Crippen molar-refractivity contribution in [3.8, 4) is 0 Å². The second-order valence-electron chi connectivity index (χ2n) is 5.19. The average molecular weight is 287 g/mol. The van der Waals surface area contributed by atoms with Crippen molar-refractivity contribution < 1.29 is 4.79 Å². The predicted octanol–water partition coefficient (Wildman–Crippen LogP) is 1.20. The standard InChI is InChI=1S/C13H22N4O.ClH/c1-8-11(9(2)17(3)16-8)7-15-13(18)10-5-4-6-12(10)14;/h10,12H,4-7,14H2,1-3H3,(H,15,18);1H. The molecule has 0 saturated heterocycles. The average Bonchev–Trinajstić information content (AvgIpc) is 2.83. The van der Waals surface area contributed by atoms with Crippen molar-refractivity contribution in [2.24, 2.45) is 18.7 Å². The Morgan fingerprint density at radius 2 is 2.16 bits per heavy atom. The summed E-state index contributed by atoms with van der Waals surface area (Å²) < 4.78 is 1.85. The topological polar surface area (TPSA) is 72.9 Å². The number of nitrogens with one attached hydrogen (secondary N) is 1. The molecule has 1 aliphatic rings. The van der Waals surface area contributed by atoms with E-state index in [0.717, 1.165) is 36.2 Å². The van der Waals surface area contributed by atoms with Gasteiger partial charge in [0, 0.05) is 30.9 Å². The summed E-state index contributed by atoms with van der Waals surface area (Å²) in [7, 11) is 1.92. The molecule has 0 aliphatic heterocycles. The van der Waals surface area contributed by atoms with Gasteiger partial charge in [0.05, 0.1) is 11.6 Å². The number of halogens is 1. The van der Waals surface area contributed by atoms with Gasteiger partial charge in [-0.25, -0.2) is 0 Å². The second-order valence-corrected chi connectivity index (χ2v) is 5.19. The molecule has 2 unspecified atom stereocenters. The summed E-state index contributed by atoms with van der Waals surface area (Å²) in [5, 5.41) is 7.34. The van der Waals surface area contributed by atoms with Crippen LogP contribution in [0.2, 0.25) is 0 Å². The fourth-order valence-electron chi connectivity index (χ4n) is 2.69. The normalized spacial score (nSPS) is 22.1. The Labute approximate surface area is 120 Å². The van der Waals surface area contributed by atoms with Crippen LogP contribution in [0, 0.1) is 19.8 Å². The molecule has 3 N–H and O–H groups in total. The first-order chi connectivity index (χ1) is 8.50. The van der Waals surface area contributed by atoms with E-state index in [1.165, 1.54) is 0 Å². The fraction of sp³-hybridized carbons (Fsp3) is 0.692.